The van der Waals surface area contributed by atoms with Crippen molar-refractivity contribution in [2.45, 2.75) is 18.9 Å². The topological polar surface area (TPSA) is 67.6 Å². The van der Waals surface area contributed by atoms with E-state index >= 15 is 0 Å². The Balaban J connectivity index is 1.57. The second-order valence-corrected chi connectivity index (χ2v) is 7.09. The zero-order valence-corrected chi connectivity index (χ0v) is 15.8. The van der Waals surface area contributed by atoms with E-state index in [1.54, 1.807) is 24.4 Å². The molecule has 6 nitrogen and oxygen atoms in total. The molecule has 2 heterocycles. The van der Waals surface area contributed by atoms with Crippen LogP contribution in [0.25, 0.3) is 17.1 Å². The highest BCUT2D eigenvalue weighted by Crippen LogP contribution is 2.26. The molecule has 1 aliphatic heterocycles. The molecule has 0 atom stereocenters. The number of aromatic nitrogens is 2. The third kappa shape index (κ3) is 3.77. The minimum absolute atomic E-state index is 0.233. The number of ether oxygens (including phenoxy) is 1. The maximum atomic E-state index is 11.6. The van der Waals surface area contributed by atoms with Crippen LogP contribution in [0.15, 0.2) is 60.9 Å². The Morgan fingerprint density at radius 1 is 1.11 bits per heavy atom. The summed E-state index contributed by atoms with van der Waals surface area (Å²) < 4.78 is 8.00. The van der Waals surface area contributed by atoms with Gasteiger partial charge in [-0.3, -0.25) is 4.57 Å². The summed E-state index contributed by atoms with van der Waals surface area (Å²) in [6.45, 7) is 2.12. The van der Waals surface area contributed by atoms with Gasteiger partial charge in [0.2, 0.25) is 0 Å². The van der Waals surface area contributed by atoms with Gasteiger partial charge in [0.15, 0.2) is 0 Å². The number of hydrogen-bond acceptors (Lipinski definition) is 4. The van der Waals surface area contributed by atoms with Crippen molar-refractivity contribution in [3.8, 4) is 22.8 Å². The normalized spacial score (nSPS) is 15.5. The number of hydrogen-bond donors (Lipinski definition) is 1. The van der Waals surface area contributed by atoms with E-state index < -0.39 is 5.97 Å². The number of carboxylic acid groups (broad SMARTS) is 1. The van der Waals surface area contributed by atoms with Gasteiger partial charge in [-0.2, -0.15) is 0 Å². The highest BCUT2D eigenvalue weighted by molar-refractivity contribution is 5.95. The van der Waals surface area contributed by atoms with E-state index in [-0.39, 0.29) is 11.7 Å². The lowest BCUT2D eigenvalue weighted by atomic mass is 10.1. The fraction of sp³-hybridized carbons (Fsp3) is 0.273. The van der Waals surface area contributed by atoms with Crippen LogP contribution >= 0.6 is 0 Å². The number of aromatic carboxylic acids is 1. The van der Waals surface area contributed by atoms with E-state index in [0.29, 0.717) is 11.4 Å². The second kappa shape index (κ2) is 7.86. The van der Waals surface area contributed by atoms with Gasteiger partial charge >= 0.3 is 5.97 Å². The number of benzene rings is 2. The molecule has 0 saturated carbocycles. The quantitative estimate of drug-likeness (QED) is 0.734. The third-order valence-corrected chi connectivity index (χ3v) is 5.12. The van der Waals surface area contributed by atoms with Crippen molar-refractivity contribution < 1.29 is 14.6 Å². The summed E-state index contributed by atoms with van der Waals surface area (Å²) in [7, 11) is 2.14. The maximum absolute atomic E-state index is 11.6. The lowest BCUT2D eigenvalue weighted by Crippen LogP contribution is -2.35. The SMILES string of the molecule is CN1CCC(Oc2ccc(-n3ccnc3-c3ccccc3C(=O)O)cc2)CC1. The van der Waals surface area contributed by atoms with E-state index in [1.165, 1.54) is 0 Å². The number of imidazole rings is 1. The monoisotopic (exact) mass is 377 g/mol. The van der Waals surface area contributed by atoms with Gasteiger partial charge in [-0.25, -0.2) is 9.78 Å². The molecule has 1 aliphatic rings. The first kappa shape index (κ1) is 18.3. The van der Waals surface area contributed by atoms with Gasteiger partial charge in [-0.05, 0) is 50.2 Å². The standard InChI is InChI=1S/C22H23N3O3/c1-24-13-10-18(11-14-24)28-17-8-6-16(7-9-17)25-15-12-23-21(25)19-4-2-3-5-20(19)22(26)27/h2-9,12,15,18H,10-11,13-14H2,1H3,(H,26,27). The molecule has 0 unspecified atom stereocenters. The first-order valence-electron chi connectivity index (χ1n) is 9.43. The largest absolute Gasteiger partial charge is 0.490 e. The molecule has 144 valence electrons. The van der Waals surface area contributed by atoms with Crippen molar-refractivity contribution >= 4 is 5.97 Å². The van der Waals surface area contributed by atoms with Crippen molar-refractivity contribution in [3.63, 3.8) is 0 Å². The lowest BCUT2D eigenvalue weighted by molar-refractivity contribution is 0.0697. The van der Waals surface area contributed by atoms with Crippen LogP contribution in [0.4, 0.5) is 0 Å². The van der Waals surface area contributed by atoms with Crippen LogP contribution in [0.2, 0.25) is 0 Å². The van der Waals surface area contributed by atoms with Crippen LogP contribution in [-0.4, -0.2) is 51.8 Å². The van der Waals surface area contributed by atoms with Crippen LogP contribution in [0, 0.1) is 0 Å². The Hall–Kier alpha value is -3.12. The molecule has 4 rings (SSSR count). The van der Waals surface area contributed by atoms with Gasteiger partial charge < -0.3 is 14.7 Å². The molecule has 6 heteroatoms. The average molecular weight is 377 g/mol. The van der Waals surface area contributed by atoms with Gasteiger partial charge in [0.05, 0.1) is 5.56 Å². The Labute approximate surface area is 164 Å². The van der Waals surface area contributed by atoms with Crippen molar-refractivity contribution in [1.82, 2.24) is 14.5 Å². The third-order valence-electron chi connectivity index (χ3n) is 5.12. The van der Waals surface area contributed by atoms with E-state index in [1.807, 2.05) is 41.1 Å². The number of carboxylic acids is 1. The predicted molar refractivity (Wildman–Crippen MR) is 107 cm³/mol. The van der Waals surface area contributed by atoms with Crippen molar-refractivity contribution in [1.29, 1.82) is 0 Å². The maximum Gasteiger partial charge on any atom is 0.336 e. The highest BCUT2D eigenvalue weighted by Gasteiger charge is 2.18. The fourth-order valence-electron chi connectivity index (χ4n) is 3.56. The number of rotatable bonds is 5. The van der Waals surface area contributed by atoms with Crippen LogP contribution in [-0.2, 0) is 0 Å². The lowest BCUT2D eigenvalue weighted by Gasteiger charge is -2.29. The molecule has 0 amide bonds. The van der Waals surface area contributed by atoms with Gasteiger partial charge in [0.1, 0.15) is 17.7 Å². The molecule has 1 aromatic heterocycles. The fourth-order valence-corrected chi connectivity index (χ4v) is 3.56. The van der Waals surface area contributed by atoms with E-state index in [2.05, 4.69) is 16.9 Å². The van der Waals surface area contributed by atoms with Crippen molar-refractivity contribution in [3.05, 3.63) is 66.5 Å². The summed E-state index contributed by atoms with van der Waals surface area (Å²) >= 11 is 0. The Bertz CT molecular complexity index is 957. The number of likely N-dealkylation sites (tertiary alicyclic amines) is 1. The van der Waals surface area contributed by atoms with Crippen molar-refractivity contribution in [2.24, 2.45) is 0 Å². The van der Waals surface area contributed by atoms with Gasteiger partial charge in [0, 0.05) is 36.7 Å². The van der Waals surface area contributed by atoms with Crippen LogP contribution in [0.3, 0.4) is 0 Å². The summed E-state index contributed by atoms with van der Waals surface area (Å²) in [6.07, 6.45) is 5.84. The highest BCUT2D eigenvalue weighted by atomic mass is 16.5. The molecule has 0 aliphatic carbocycles. The van der Waals surface area contributed by atoms with E-state index in [0.717, 1.165) is 37.4 Å². The summed E-state index contributed by atoms with van der Waals surface area (Å²) in [5, 5.41) is 9.48. The van der Waals surface area contributed by atoms with E-state index in [4.69, 9.17) is 4.74 Å². The summed E-state index contributed by atoms with van der Waals surface area (Å²) in [4.78, 5) is 18.3. The summed E-state index contributed by atoms with van der Waals surface area (Å²) in [6, 6.07) is 14.8. The molecular weight excluding hydrogens is 354 g/mol. The first-order chi connectivity index (χ1) is 13.6. The van der Waals surface area contributed by atoms with Crippen LogP contribution in [0.5, 0.6) is 5.75 Å². The first-order valence-corrected chi connectivity index (χ1v) is 9.43. The Kier molecular flexibility index (Phi) is 5.12. The minimum Gasteiger partial charge on any atom is -0.490 e. The van der Waals surface area contributed by atoms with Gasteiger partial charge in [-0.15, -0.1) is 0 Å². The van der Waals surface area contributed by atoms with Crippen LogP contribution in [0.1, 0.15) is 23.2 Å². The molecule has 3 aromatic rings. The average Bonchev–Trinajstić information content (AvgIpc) is 3.20. The minimum atomic E-state index is -0.966. The number of nitrogens with zero attached hydrogens (tertiary/aromatic N) is 3. The van der Waals surface area contributed by atoms with Gasteiger partial charge in [0.25, 0.3) is 0 Å². The molecule has 1 fully saturated rings. The van der Waals surface area contributed by atoms with Crippen LogP contribution < -0.4 is 4.74 Å². The van der Waals surface area contributed by atoms with Gasteiger partial charge in [-0.1, -0.05) is 18.2 Å². The number of piperidine rings is 1. The zero-order valence-electron chi connectivity index (χ0n) is 15.8. The van der Waals surface area contributed by atoms with Crippen molar-refractivity contribution in [2.75, 3.05) is 20.1 Å². The Morgan fingerprint density at radius 3 is 2.54 bits per heavy atom. The molecular formula is C22H23N3O3. The smallest absolute Gasteiger partial charge is 0.336 e. The van der Waals surface area contributed by atoms with E-state index in [9.17, 15) is 9.90 Å². The zero-order chi connectivity index (χ0) is 19.5. The molecule has 28 heavy (non-hydrogen) atoms. The molecule has 1 N–H and O–H groups in total. The predicted octanol–water partition coefficient (Wildman–Crippen LogP) is 3.71. The molecule has 0 spiro atoms. The molecule has 0 bridgehead atoms. The molecule has 2 aromatic carbocycles. The second-order valence-electron chi connectivity index (χ2n) is 7.09. The Morgan fingerprint density at radius 2 is 1.82 bits per heavy atom. The molecule has 1 saturated heterocycles. The summed E-state index contributed by atoms with van der Waals surface area (Å²) in [5.74, 6) is 0.486. The number of carbonyl (C=O) groups is 1. The summed E-state index contributed by atoms with van der Waals surface area (Å²) in [5.41, 5.74) is 1.73. The molecule has 0 radical (unpaired) electrons.